The van der Waals surface area contributed by atoms with Gasteiger partial charge in [-0.2, -0.15) is 0 Å². The molecule has 0 heterocycles. The van der Waals surface area contributed by atoms with Crippen molar-refractivity contribution >= 4 is 15.9 Å². The van der Waals surface area contributed by atoms with Crippen LogP contribution in [0.2, 0.25) is 0 Å². The van der Waals surface area contributed by atoms with Gasteiger partial charge in [-0.25, -0.2) is 8.78 Å². The first-order chi connectivity index (χ1) is 9.49. The maximum absolute atomic E-state index is 13.1. The molecule has 1 atom stereocenters. The summed E-state index contributed by atoms with van der Waals surface area (Å²) in [4.78, 5) is 0. The molecular formula is C15H14BrF2NO. The topological polar surface area (TPSA) is 21.3 Å². The lowest BCUT2D eigenvalue weighted by Crippen LogP contribution is -2.12. The predicted octanol–water partition coefficient (Wildman–Crippen LogP) is 4.80. The van der Waals surface area contributed by atoms with E-state index in [9.17, 15) is 8.78 Å². The normalized spacial score (nSPS) is 12.2. The third-order valence-electron chi connectivity index (χ3n) is 2.95. The predicted molar refractivity (Wildman–Crippen MR) is 78.0 cm³/mol. The Balaban J connectivity index is 2.25. The lowest BCUT2D eigenvalue weighted by molar-refractivity contribution is 0.465. The van der Waals surface area contributed by atoms with Crippen molar-refractivity contribution < 1.29 is 13.5 Å². The minimum Gasteiger partial charge on any atom is -0.456 e. The van der Waals surface area contributed by atoms with Crippen LogP contribution >= 0.6 is 15.9 Å². The molecule has 0 aliphatic heterocycles. The fourth-order valence-corrected chi connectivity index (χ4v) is 2.23. The Labute approximate surface area is 124 Å². The van der Waals surface area contributed by atoms with Gasteiger partial charge in [0.15, 0.2) is 0 Å². The fraction of sp³-hybridized carbons (Fsp3) is 0.200. The van der Waals surface area contributed by atoms with Crippen LogP contribution in [0.4, 0.5) is 8.78 Å². The van der Waals surface area contributed by atoms with Crippen LogP contribution in [-0.4, -0.2) is 7.05 Å². The van der Waals surface area contributed by atoms with E-state index in [2.05, 4.69) is 21.2 Å². The van der Waals surface area contributed by atoms with E-state index in [-0.39, 0.29) is 11.8 Å². The van der Waals surface area contributed by atoms with Crippen molar-refractivity contribution in [1.82, 2.24) is 5.32 Å². The van der Waals surface area contributed by atoms with Crippen molar-refractivity contribution in [2.75, 3.05) is 7.05 Å². The molecule has 0 spiro atoms. The average molecular weight is 342 g/mol. The van der Waals surface area contributed by atoms with E-state index < -0.39 is 11.6 Å². The third-order valence-corrected chi connectivity index (χ3v) is 3.57. The lowest BCUT2D eigenvalue weighted by Gasteiger charge is -2.13. The Morgan fingerprint density at radius 3 is 2.30 bits per heavy atom. The first-order valence-corrected chi connectivity index (χ1v) is 6.89. The van der Waals surface area contributed by atoms with Crippen LogP contribution in [0, 0.1) is 11.6 Å². The molecule has 0 bridgehead atoms. The van der Waals surface area contributed by atoms with Gasteiger partial charge in [0, 0.05) is 24.2 Å². The van der Waals surface area contributed by atoms with E-state index in [0.29, 0.717) is 5.75 Å². The Morgan fingerprint density at radius 1 is 1.10 bits per heavy atom. The maximum Gasteiger partial charge on any atom is 0.141 e. The molecule has 2 nitrogen and oxygen atoms in total. The quantitative estimate of drug-likeness (QED) is 0.862. The number of rotatable bonds is 4. The third kappa shape index (κ3) is 3.55. The summed E-state index contributed by atoms with van der Waals surface area (Å²) in [6.07, 6.45) is 0. The molecule has 2 aromatic carbocycles. The van der Waals surface area contributed by atoms with Crippen LogP contribution in [0.25, 0.3) is 0 Å². The zero-order chi connectivity index (χ0) is 14.7. The molecule has 1 unspecified atom stereocenters. The minimum absolute atomic E-state index is 0.123. The summed E-state index contributed by atoms with van der Waals surface area (Å²) in [6, 6.07) is 8.85. The fourth-order valence-electron chi connectivity index (χ4n) is 1.75. The Hall–Kier alpha value is -1.46. The molecule has 0 aliphatic carbocycles. The first kappa shape index (κ1) is 14.9. The molecule has 2 rings (SSSR count). The van der Waals surface area contributed by atoms with Crippen molar-refractivity contribution in [1.29, 1.82) is 0 Å². The summed E-state index contributed by atoms with van der Waals surface area (Å²) in [6.45, 7) is 2.03. The number of hydrogen-bond acceptors (Lipinski definition) is 2. The lowest BCUT2D eigenvalue weighted by atomic mass is 10.1. The van der Waals surface area contributed by atoms with E-state index in [1.165, 1.54) is 0 Å². The molecule has 1 N–H and O–H groups in total. The highest BCUT2D eigenvalue weighted by Gasteiger charge is 2.09. The number of ether oxygens (including phenoxy) is 1. The van der Waals surface area contributed by atoms with E-state index in [1.54, 1.807) is 6.07 Å². The standard InChI is InChI=1S/C15H14BrF2NO/c1-9(19-2)10-3-4-15(14(16)5-10)20-13-7-11(17)6-12(18)8-13/h3-9,19H,1-2H3. The number of benzene rings is 2. The van der Waals surface area contributed by atoms with Gasteiger partial charge in [-0.1, -0.05) is 6.07 Å². The second kappa shape index (κ2) is 6.33. The Bertz CT molecular complexity index is 599. The molecule has 0 saturated heterocycles. The molecule has 2 aromatic rings. The van der Waals surface area contributed by atoms with Crippen LogP contribution in [0.3, 0.4) is 0 Å². The van der Waals surface area contributed by atoms with Crippen LogP contribution in [0.5, 0.6) is 11.5 Å². The SMILES string of the molecule is CNC(C)c1ccc(Oc2cc(F)cc(F)c2)c(Br)c1. The average Bonchev–Trinajstić information content (AvgIpc) is 2.39. The molecule has 106 valence electrons. The number of hydrogen-bond donors (Lipinski definition) is 1. The first-order valence-electron chi connectivity index (χ1n) is 6.10. The molecule has 0 amide bonds. The number of nitrogens with one attached hydrogen (secondary N) is 1. The molecule has 20 heavy (non-hydrogen) atoms. The summed E-state index contributed by atoms with van der Waals surface area (Å²) < 4.78 is 32.4. The minimum atomic E-state index is -0.670. The summed E-state index contributed by atoms with van der Waals surface area (Å²) in [7, 11) is 1.87. The zero-order valence-corrected chi connectivity index (χ0v) is 12.7. The van der Waals surface area contributed by atoms with Gasteiger partial charge in [-0.05, 0) is 47.6 Å². The second-order valence-corrected chi connectivity index (χ2v) is 5.26. The molecule has 0 saturated carbocycles. The smallest absolute Gasteiger partial charge is 0.141 e. The van der Waals surface area contributed by atoms with E-state index >= 15 is 0 Å². The van der Waals surface area contributed by atoms with Gasteiger partial charge >= 0.3 is 0 Å². The summed E-state index contributed by atoms with van der Waals surface area (Å²) in [5.41, 5.74) is 1.08. The van der Waals surface area contributed by atoms with Crippen molar-refractivity contribution in [3.8, 4) is 11.5 Å². The van der Waals surface area contributed by atoms with E-state index in [1.807, 2.05) is 26.1 Å². The molecule has 0 fully saturated rings. The van der Waals surface area contributed by atoms with Crippen molar-refractivity contribution in [3.63, 3.8) is 0 Å². The van der Waals surface area contributed by atoms with Crippen LogP contribution in [0.15, 0.2) is 40.9 Å². The van der Waals surface area contributed by atoms with E-state index in [0.717, 1.165) is 28.2 Å². The van der Waals surface area contributed by atoms with Crippen LogP contribution in [-0.2, 0) is 0 Å². The molecule has 0 radical (unpaired) electrons. The molecule has 0 aromatic heterocycles. The van der Waals surface area contributed by atoms with Gasteiger partial charge in [-0.3, -0.25) is 0 Å². The van der Waals surface area contributed by atoms with E-state index in [4.69, 9.17) is 4.74 Å². The van der Waals surface area contributed by atoms with Gasteiger partial charge in [-0.15, -0.1) is 0 Å². The highest BCUT2D eigenvalue weighted by molar-refractivity contribution is 9.10. The Morgan fingerprint density at radius 2 is 1.75 bits per heavy atom. The van der Waals surface area contributed by atoms with Crippen molar-refractivity contribution in [2.24, 2.45) is 0 Å². The Kier molecular flexibility index (Phi) is 4.73. The van der Waals surface area contributed by atoms with Gasteiger partial charge in [0.05, 0.1) is 4.47 Å². The van der Waals surface area contributed by atoms with Gasteiger partial charge in [0.1, 0.15) is 23.1 Å². The zero-order valence-electron chi connectivity index (χ0n) is 11.1. The van der Waals surface area contributed by atoms with Crippen molar-refractivity contribution in [3.05, 3.63) is 58.1 Å². The van der Waals surface area contributed by atoms with Gasteiger partial charge < -0.3 is 10.1 Å². The monoisotopic (exact) mass is 341 g/mol. The van der Waals surface area contributed by atoms with Gasteiger partial charge in [0.25, 0.3) is 0 Å². The summed E-state index contributed by atoms with van der Waals surface area (Å²) in [5.74, 6) is -0.715. The van der Waals surface area contributed by atoms with Crippen LogP contribution < -0.4 is 10.1 Å². The summed E-state index contributed by atoms with van der Waals surface area (Å²) in [5, 5.41) is 3.13. The largest absolute Gasteiger partial charge is 0.456 e. The highest BCUT2D eigenvalue weighted by atomic mass is 79.9. The molecule has 0 aliphatic rings. The molecular weight excluding hydrogens is 328 g/mol. The maximum atomic E-state index is 13.1. The number of halogens is 3. The van der Waals surface area contributed by atoms with Gasteiger partial charge in [0.2, 0.25) is 0 Å². The molecule has 5 heteroatoms. The van der Waals surface area contributed by atoms with Crippen molar-refractivity contribution in [2.45, 2.75) is 13.0 Å². The second-order valence-electron chi connectivity index (χ2n) is 4.41. The highest BCUT2D eigenvalue weighted by Crippen LogP contribution is 2.32. The summed E-state index contributed by atoms with van der Waals surface area (Å²) >= 11 is 3.40. The van der Waals surface area contributed by atoms with Crippen LogP contribution in [0.1, 0.15) is 18.5 Å².